The van der Waals surface area contributed by atoms with Crippen molar-refractivity contribution in [1.29, 1.82) is 0 Å². The first-order valence-electron chi connectivity index (χ1n) is 10.9. The third-order valence-corrected chi connectivity index (χ3v) is 7.47. The SMILES string of the molecule is COc1ccc([C@@]23CC[C@@H](NC(=O)Nc4c(F)ccc(F)c4Cl)C[C@@H]2N(C)CC3)cc1OC. The number of likely N-dealkylation sites (tertiary alicyclic amines) is 1. The lowest BCUT2D eigenvalue weighted by Gasteiger charge is -2.45. The van der Waals surface area contributed by atoms with Crippen LogP contribution in [0.1, 0.15) is 31.2 Å². The van der Waals surface area contributed by atoms with Crippen molar-refractivity contribution < 1.29 is 23.0 Å². The Morgan fingerprint density at radius 3 is 2.58 bits per heavy atom. The average molecular weight is 480 g/mol. The predicted octanol–water partition coefficient (Wildman–Crippen LogP) is 4.95. The van der Waals surface area contributed by atoms with Gasteiger partial charge in [-0.25, -0.2) is 13.6 Å². The Balaban J connectivity index is 1.50. The number of nitrogens with zero attached hydrogens (tertiary/aromatic N) is 1. The van der Waals surface area contributed by atoms with Crippen molar-refractivity contribution >= 4 is 23.3 Å². The molecule has 33 heavy (non-hydrogen) atoms. The number of ether oxygens (including phenoxy) is 2. The third kappa shape index (κ3) is 4.34. The maximum absolute atomic E-state index is 14.0. The number of fused-ring (bicyclic) bond motifs is 1. The van der Waals surface area contributed by atoms with Gasteiger partial charge in [0, 0.05) is 17.5 Å². The quantitative estimate of drug-likeness (QED) is 0.595. The topological polar surface area (TPSA) is 62.8 Å². The van der Waals surface area contributed by atoms with E-state index in [1.807, 2.05) is 6.07 Å². The first-order valence-corrected chi connectivity index (χ1v) is 11.3. The molecule has 1 saturated heterocycles. The van der Waals surface area contributed by atoms with Crippen molar-refractivity contribution in [2.75, 3.05) is 33.1 Å². The number of methoxy groups -OCH3 is 2. The summed E-state index contributed by atoms with van der Waals surface area (Å²) >= 11 is 5.83. The van der Waals surface area contributed by atoms with Gasteiger partial charge >= 0.3 is 6.03 Å². The second kappa shape index (κ2) is 9.35. The highest BCUT2D eigenvalue weighted by atomic mass is 35.5. The summed E-state index contributed by atoms with van der Waals surface area (Å²) in [6, 6.07) is 7.44. The van der Waals surface area contributed by atoms with Crippen LogP contribution in [0.25, 0.3) is 0 Å². The van der Waals surface area contributed by atoms with Crippen LogP contribution in [0.3, 0.4) is 0 Å². The number of hydrogen-bond donors (Lipinski definition) is 2. The Morgan fingerprint density at radius 2 is 1.85 bits per heavy atom. The number of carbonyl (C=O) groups excluding carboxylic acids is 1. The molecule has 2 amide bonds. The maximum atomic E-state index is 14.0. The number of hydrogen-bond acceptors (Lipinski definition) is 4. The summed E-state index contributed by atoms with van der Waals surface area (Å²) in [6.45, 7) is 0.946. The van der Waals surface area contributed by atoms with Gasteiger partial charge < -0.3 is 25.0 Å². The summed E-state index contributed by atoms with van der Waals surface area (Å²) in [5.74, 6) is -0.191. The Kier molecular flexibility index (Phi) is 6.68. The number of amides is 2. The largest absolute Gasteiger partial charge is 0.493 e. The van der Waals surface area contributed by atoms with Crippen molar-refractivity contribution in [3.63, 3.8) is 0 Å². The van der Waals surface area contributed by atoms with Crippen LogP contribution < -0.4 is 20.1 Å². The number of nitrogens with one attached hydrogen (secondary N) is 2. The second-order valence-corrected chi connectivity index (χ2v) is 9.14. The summed E-state index contributed by atoms with van der Waals surface area (Å²) in [6.07, 6.45) is 3.37. The molecule has 6 nitrogen and oxygen atoms in total. The van der Waals surface area contributed by atoms with Gasteiger partial charge in [-0.15, -0.1) is 0 Å². The lowest BCUT2D eigenvalue weighted by molar-refractivity contribution is 0.156. The van der Waals surface area contributed by atoms with Crippen LogP contribution >= 0.6 is 11.6 Å². The Hall–Kier alpha value is -2.58. The van der Waals surface area contributed by atoms with E-state index >= 15 is 0 Å². The highest BCUT2D eigenvalue weighted by Crippen LogP contribution is 2.49. The van der Waals surface area contributed by atoms with E-state index in [2.05, 4.69) is 34.7 Å². The van der Waals surface area contributed by atoms with E-state index in [9.17, 15) is 13.6 Å². The van der Waals surface area contributed by atoms with Gasteiger partial charge in [-0.3, -0.25) is 0 Å². The molecule has 0 radical (unpaired) electrons. The number of anilines is 1. The Morgan fingerprint density at radius 1 is 1.12 bits per heavy atom. The van der Waals surface area contributed by atoms with Crippen LogP contribution in [0.5, 0.6) is 11.5 Å². The zero-order valence-corrected chi connectivity index (χ0v) is 19.6. The Bertz CT molecular complexity index is 1050. The molecule has 1 saturated carbocycles. The fraction of sp³-hybridized carbons (Fsp3) is 0.458. The third-order valence-electron chi connectivity index (χ3n) is 7.10. The molecule has 2 aromatic carbocycles. The summed E-state index contributed by atoms with van der Waals surface area (Å²) in [4.78, 5) is 14.9. The van der Waals surface area contributed by atoms with E-state index in [0.717, 1.165) is 44.4 Å². The summed E-state index contributed by atoms with van der Waals surface area (Å²) in [7, 11) is 5.34. The molecule has 2 fully saturated rings. The lowest BCUT2D eigenvalue weighted by atomic mass is 9.65. The van der Waals surface area contributed by atoms with Gasteiger partial charge in [0.05, 0.1) is 14.2 Å². The first kappa shape index (κ1) is 23.6. The van der Waals surface area contributed by atoms with Crippen LogP contribution in [-0.4, -0.2) is 50.8 Å². The van der Waals surface area contributed by atoms with E-state index in [1.165, 1.54) is 5.56 Å². The maximum Gasteiger partial charge on any atom is 0.319 e. The van der Waals surface area contributed by atoms with E-state index in [0.29, 0.717) is 11.5 Å². The number of likely N-dealkylation sites (N-methyl/N-ethyl adjacent to an activating group) is 1. The van der Waals surface area contributed by atoms with Crippen molar-refractivity contribution in [1.82, 2.24) is 10.2 Å². The van der Waals surface area contributed by atoms with E-state index in [-0.39, 0.29) is 23.2 Å². The fourth-order valence-corrected chi connectivity index (χ4v) is 5.57. The van der Waals surface area contributed by atoms with Gasteiger partial charge in [0.2, 0.25) is 0 Å². The number of benzene rings is 2. The van der Waals surface area contributed by atoms with E-state index in [4.69, 9.17) is 21.1 Å². The summed E-state index contributed by atoms with van der Waals surface area (Å²) in [5, 5.41) is 4.83. The second-order valence-electron chi connectivity index (χ2n) is 8.76. The minimum Gasteiger partial charge on any atom is -0.493 e. The molecule has 1 aliphatic heterocycles. The molecule has 2 aliphatic rings. The molecule has 1 heterocycles. The van der Waals surface area contributed by atoms with Gasteiger partial charge in [-0.2, -0.15) is 0 Å². The van der Waals surface area contributed by atoms with Gasteiger partial charge in [-0.05, 0) is 69.1 Å². The molecule has 3 atom stereocenters. The molecule has 2 N–H and O–H groups in total. The summed E-state index contributed by atoms with van der Waals surface area (Å²) < 4.78 is 38.6. The van der Waals surface area contributed by atoms with Crippen LogP contribution in [0.2, 0.25) is 5.02 Å². The number of halogens is 3. The fourth-order valence-electron chi connectivity index (χ4n) is 5.37. The van der Waals surface area contributed by atoms with Crippen LogP contribution in [-0.2, 0) is 5.41 Å². The average Bonchev–Trinajstić information content (AvgIpc) is 3.16. The van der Waals surface area contributed by atoms with E-state index in [1.54, 1.807) is 14.2 Å². The molecule has 0 aromatic heterocycles. The van der Waals surface area contributed by atoms with Crippen molar-refractivity contribution in [3.8, 4) is 11.5 Å². The number of rotatable bonds is 5. The molecule has 0 spiro atoms. The van der Waals surface area contributed by atoms with Crippen LogP contribution in [0, 0.1) is 11.6 Å². The summed E-state index contributed by atoms with van der Waals surface area (Å²) in [5.41, 5.74) is 0.787. The molecule has 2 aromatic rings. The number of carbonyl (C=O) groups is 1. The van der Waals surface area contributed by atoms with Crippen LogP contribution in [0.15, 0.2) is 30.3 Å². The molecule has 178 valence electrons. The molecular weight excluding hydrogens is 452 g/mol. The standard InChI is InChI=1S/C24H28ClF2N3O3/c1-30-11-10-24(14-4-7-18(32-2)19(12-14)33-3)9-8-15(13-20(24)30)28-23(31)29-22-17(27)6-5-16(26)21(22)25/h4-7,12,15,20H,8-11,13H2,1-3H3,(H2,28,29,31)/t15-,20+,24+/m1/s1. The molecular formula is C24H28ClF2N3O3. The zero-order valence-electron chi connectivity index (χ0n) is 18.9. The lowest BCUT2D eigenvalue weighted by Crippen LogP contribution is -2.52. The first-order chi connectivity index (χ1) is 15.8. The molecule has 9 heteroatoms. The zero-order chi connectivity index (χ0) is 23.8. The predicted molar refractivity (Wildman–Crippen MR) is 123 cm³/mol. The van der Waals surface area contributed by atoms with E-state index < -0.39 is 22.7 Å². The van der Waals surface area contributed by atoms with Crippen molar-refractivity contribution in [3.05, 3.63) is 52.6 Å². The Labute approximate surface area is 197 Å². The monoisotopic (exact) mass is 479 g/mol. The van der Waals surface area contributed by atoms with Gasteiger partial charge in [0.1, 0.15) is 22.3 Å². The highest BCUT2D eigenvalue weighted by Gasteiger charge is 2.50. The molecule has 1 aliphatic carbocycles. The number of urea groups is 1. The van der Waals surface area contributed by atoms with Gasteiger partial charge in [0.15, 0.2) is 11.5 Å². The minimum absolute atomic E-state index is 0.0546. The smallest absolute Gasteiger partial charge is 0.319 e. The minimum atomic E-state index is -0.793. The van der Waals surface area contributed by atoms with Crippen molar-refractivity contribution in [2.24, 2.45) is 0 Å². The normalized spacial score (nSPS) is 24.8. The van der Waals surface area contributed by atoms with Gasteiger partial charge in [-0.1, -0.05) is 17.7 Å². The molecule has 4 rings (SSSR count). The van der Waals surface area contributed by atoms with Crippen molar-refractivity contribution in [2.45, 2.75) is 43.2 Å². The molecule has 0 unspecified atom stereocenters. The van der Waals surface area contributed by atoms with Crippen LogP contribution in [0.4, 0.5) is 19.3 Å². The highest BCUT2D eigenvalue weighted by molar-refractivity contribution is 6.33. The van der Waals surface area contributed by atoms with Gasteiger partial charge in [0.25, 0.3) is 0 Å². The molecule has 0 bridgehead atoms.